The summed E-state index contributed by atoms with van der Waals surface area (Å²) < 4.78 is 1.75. The van der Waals surface area contributed by atoms with Crippen LogP contribution < -0.4 is 5.32 Å². The molecule has 0 spiro atoms. The molecule has 23 heavy (non-hydrogen) atoms. The van der Waals surface area contributed by atoms with Crippen LogP contribution in [-0.2, 0) is 13.6 Å². The molecule has 7 nitrogen and oxygen atoms in total. The molecule has 0 unspecified atom stereocenters. The van der Waals surface area contributed by atoms with Gasteiger partial charge in [0.15, 0.2) is 0 Å². The van der Waals surface area contributed by atoms with Crippen LogP contribution in [-0.4, -0.2) is 63.8 Å². The summed E-state index contributed by atoms with van der Waals surface area (Å²) in [6.07, 6.45) is 5.51. The summed E-state index contributed by atoms with van der Waals surface area (Å²) >= 11 is 0. The van der Waals surface area contributed by atoms with Crippen LogP contribution in [0.2, 0.25) is 0 Å². The number of hydrogen-bond acceptors (Lipinski definition) is 4. The molecule has 1 aliphatic heterocycles. The zero-order valence-corrected chi connectivity index (χ0v) is 13.6. The number of aromatic nitrogens is 3. The van der Waals surface area contributed by atoms with Gasteiger partial charge in [0.1, 0.15) is 0 Å². The smallest absolute Gasteiger partial charge is 0.317 e. The van der Waals surface area contributed by atoms with Crippen molar-refractivity contribution in [1.29, 1.82) is 0 Å². The number of rotatable bonds is 3. The van der Waals surface area contributed by atoms with Crippen molar-refractivity contribution in [3.63, 3.8) is 0 Å². The molecule has 0 saturated carbocycles. The fourth-order valence-electron chi connectivity index (χ4n) is 2.55. The molecule has 2 aromatic heterocycles. The Balaban J connectivity index is 1.53. The highest BCUT2D eigenvalue weighted by atomic mass is 16.2. The number of pyridine rings is 1. The molecule has 3 heterocycles. The summed E-state index contributed by atoms with van der Waals surface area (Å²) in [7, 11) is 3.95. The van der Waals surface area contributed by atoms with Gasteiger partial charge in [-0.2, -0.15) is 5.10 Å². The number of carbonyl (C=O) groups excluding carboxylic acids is 1. The minimum Gasteiger partial charge on any atom is -0.334 e. The van der Waals surface area contributed by atoms with Gasteiger partial charge in [0.05, 0.1) is 11.9 Å². The van der Waals surface area contributed by atoms with Crippen molar-refractivity contribution in [1.82, 2.24) is 29.9 Å². The number of nitrogens with zero attached hydrogens (tertiary/aromatic N) is 5. The number of piperazine rings is 1. The lowest BCUT2D eigenvalue weighted by atomic mass is 10.2. The van der Waals surface area contributed by atoms with E-state index >= 15 is 0 Å². The Hall–Kier alpha value is -2.41. The molecule has 0 bridgehead atoms. The quantitative estimate of drug-likeness (QED) is 0.915. The van der Waals surface area contributed by atoms with Crippen molar-refractivity contribution in [2.24, 2.45) is 7.05 Å². The molecule has 122 valence electrons. The normalized spacial score (nSPS) is 15.7. The second-order valence-corrected chi connectivity index (χ2v) is 5.90. The van der Waals surface area contributed by atoms with Crippen LogP contribution >= 0.6 is 0 Å². The molecule has 0 radical (unpaired) electrons. The Morgan fingerprint density at radius 1 is 1.17 bits per heavy atom. The van der Waals surface area contributed by atoms with Gasteiger partial charge in [-0.25, -0.2) is 4.79 Å². The van der Waals surface area contributed by atoms with Gasteiger partial charge < -0.3 is 15.1 Å². The standard InChI is InChI=1S/C16H22N6O/c1-20-5-7-22(8-6-20)16(23)18-10-13-3-4-15(17-9-13)14-11-19-21(2)12-14/h3-4,9,11-12H,5-8,10H2,1-2H3,(H,18,23). The monoisotopic (exact) mass is 314 g/mol. The van der Waals surface area contributed by atoms with Crippen molar-refractivity contribution in [2.75, 3.05) is 33.2 Å². The molecule has 2 amide bonds. The molecular formula is C16H22N6O. The average molecular weight is 314 g/mol. The second-order valence-electron chi connectivity index (χ2n) is 5.90. The van der Waals surface area contributed by atoms with Crippen LogP contribution in [0.5, 0.6) is 0 Å². The minimum absolute atomic E-state index is 0.00515. The van der Waals surface area contributed by atoms with E-state index in [4.69, 9.17) is 0 Å². The average Bonchev–Trinajstić information content (AvgIpc) is 3.00. The number of urea groups is 1. The predicted molar refractivity (Wildman–Crippen MR) is 87.7 cm³/mol. The summed E-state index contributed by atoms with van der Waals surface area (Å²) in [5.41, 5.74) is 2.85. The molecule has 1 aliphatic rings. The maximum absolute atomic E-state index is 12.1. The molecule has 1 fully saturated rings. The van der Waals surface area contributed by atoms with Gasteiger partial charge in [0, 0.05) is 57.7 Å². The molecule has 0 aliphatic carbocycles. The van der Waals surface area contributed by atoms with E-state index in [1.807, 2.05) is 30.3 Å². The lowest BCUT2D eigenvalue weighted by Gasteiger charge is -2.32. The molecule has 2 aromatic rings. The lowest BCUT2D eigenvalue weighted by molar-refractivity contribution is 0.154. The van der Waals surface area contributed by atoms with Crippen LogP contribution in [0.4, 0.5) is 4.79 Å². The van der Waals surface area contributed by atoms with Crippen LogP contribution in [0, 0.1) is 0 Å². The molecular weight excluding hydrogens is 292 g/mol. The van der Waals surface area contributed by atoms with Gasteiger partial charge in [-0.1, -0.05) is 6.07 Å². The van der Waals surface area contributed by atoms with E-state index in [-0.39, 0.29) is 6.03 Å². The molecule has 0 atom stereocenters. The van der Waals surface area contributed by atoms with Crippen LogP contribution in [0.1, 0.15) is 5.56 Å². The fourth-order valence-corrected chi connectivity index (χ4v) is 2.55. The van der Waals surface area contributed by atoms with E-state index in [1.54, 1.807) is 17.1 Å². The van der Waals surface area contributed by atoms with Gasteiger partial charge in [-0.15, -0.1) is 0 Å². The SMILES string of the molecule is CN1CCN(C(=O)NCc2ccc(-c3cnn(C)c3)nc2)CC1. The number of carbonyl (C=O) groups is 1. The highest BCUT2D eigenvalue weighted by Crippen LogP contribution is 2.15. The Bertz CT molecular complexity index is 657. The third kappa shape index (κ3) is 3.87. The summed E-state index contributed by atoms with van der Waals surface area (Å²) in [6, 6.07) is 3.93. The van der Waals surface area contributed by atoms with Crippen molar-refractivity contribution < 1.29 is 4.79 Å². The van der Waals surface area contributed by atoms with E-state index in [2.05, 4.69) is 27.3 Å². The van der Waals surface area contributed by atoms with Crippen molar-refractivity contribution in [2.45, 2.75) is 6.54 Å². The second kappa shape index (κ2) is 6.78. The van der Waals surface area contributed by atoms with E-state index in [0.717, 1.165) is 43.0 Å². The lowest BCUT2D eigenvalue weighted by Crippen LogP contribution is -2.50. The highest BCUT2D eigenvalue weighted by molar-refractivity contribution is 5.74. The van der Waals surface area contributed by atoms with Crippen LogP contribution in [0.15, 0.2) is 30.7 Å². The molecule has 1 saturated heterocycles. The number of likely N-dealkylation sites (N-methyl/N-ethyl adjacent to an activating group) is 1. The molecule has 1 N–H and O–H groups in total. The maximum Gasteiger partial charge on any atom is 0.317 e. The molecule has 0 aromatic carbocycles. The predicted octanol–water partition coefficient (Wildman–Crippen LogP) is 0.939. The largest absolute Gasteiger partial charge is 0.334 e. The highest BCUT2D eigenvalue weighted by Gasteiger charge is 2.18. The summed E-state index contributed by atoms with van der Waals surface area (Å²) in [4.78, 5) is 20.7. The maximum atomic E-state index is 12.1. The first-order valence-corrected chi connectivity index (χ1v) is 7.77. The third-order valence-electron chi connectivity index (χ3n) is 4.06. The van der Waals surface area contributed by atoms with Crippen LogP contribution in [0.25, 0.3) is 11.3 Å². The number of amides is 2. The Morgan fingerprint density at radius 2 is 1.96 bits per heavy atom. The number of nitrogens with one attached hydrogen (secondary N) is 1. The first-order valence-electron chi connectivity index (χ1n) is 7.77. The van der Waals surface area contributed by atoms with E-state index in [9.17, 15) is 4.79 Å². The summed E-state index contributed by atoms with van der Waals surface area (Å²) in [6.45, 7) is 3.90. The summed E-state index contributed by atoms with van der Waals surface area (Å²) in [5, 5.41) is 7.10. The van der Waals surface area contributed by atoms with Crippen LogP contribution in [0.3, 0.4) is 0 Å². The Morgan fingerprint density at radius 3 is 2.57 bits per heavy atom. The van der Waals surface area contributed by atoms with Gasteiger partial charge in [0.2, 0.25) is 0 Å². The van der Waals surface area contributed by atoms with Gasteiger partial charge in [-0.3, -0.25) is 9.67 Å². The zero-order valence-electron chi connectivity index (χ0n) is 13.6. The van der Waals surface area contributed by atoms with E-state index in [1.165, 1.54) is 0 Å². The zero-order chi connectivity index (χ0) is 16.2. The first kappa shape index (κ1) is 15.5. The number of hydrogen-bond donors (Lipinski definition) is 1. The van der Waals surface area contributed by atoms with Gasteiger partial charge in [-0.05, 0) is 18.7 Å². The third-order valence-corrected chi connectivity index (χ3v) is 4.06. The minimum atomic E-state index is -0.00515. The Kier molecular flexibility index (Phi) is 4.57. The molecule has 7 heteroatoms. The van der Waals surface area contributed by atoms with Crippen molar-refractivity contribution in [3.8, 4) is 11.3 Å². The van der Waals surface area contributed by atoms with Gasteiger partial charge >= 0.3 is 6.03 Å². The topological polar surface area (TPSA) is 66.3 Å². The van der Waals surface area contributed by atoms with E-state index < -0.39 is 0 Å². The first-order chi connectivity index (χ1) is 11.1. The summed E-state index contributed by atoms with van der Waals surface area (Å²) in [5.74, 6) is 0. The number of aryl methyl sites for hydroxylation is 1. The fraction of sp³-hybridized carbons (Fsp3) is 0.438. The van der Waals surface area contributed by atoms with E-state index in [0.29, 0.717) is 6.54 Å². The van der Waals surface area contributed by atoms with Crippen molar-refractivity contribution >= 4 is 6.03 Å². The van der Waals surface area contributed by atoms with Gasteiger partial charge in [0.25, 0.3) is 0 Å². The van der Waals surface area contributed by atoms with Crippen molar-refractivity contribution in [3.05, 3.63) is 36.3 Å². The Labute approximate surface area is 135 Å². The molecule has 3 rings (SSSR count).